The molecule has 4 heteroatoms. The van der Waals surface area contributed by atoms with Crippen LogP contribution in [-0.4, -0.2) is 18.0 Å². The first-order valence-corrected chi connectivity index (χ1v) is 8.60. The van der Waals surface area contributed by atoms with Crippen molar-refractivity contribution in [3.8, 4) is 11.5 Å². The molecular weight excluding hydrogens is 300 g/mol. The Balaban J connectivity index is 1.52. The highest BCUT2D eigenvalue weighted by atomic mass is 16.5. The molecule has 0 unspecified atom stereocenters. The standard InChI is InChI=1S/C20H24N2O2/c1-15(20(23)22-16-7-5-6-8-16)21-17-11-13-19(14-12-17)24-18-9-3-2-4-10-18/h2-4,9-16,21H,5-8H2,1H3,(H,22,23)/t15-/m0/s1. The van der Waals surface area contributed by atoms with Crippen LogP contribution < -0.4 is 15.4 Å². The summed E-state index contributed by atoms with van der Waals surface area (Å²) in [5.74, 6) is 1.64. The molecule has 0 saturated heterocycles. The molecule has 1 aliphatic carbocycles. The van der Waals surface area contributed by atoms with Gasteiger partial charge in [0.25, 0.3) is 0 Å². The zero-order valence-electron chi connectivity index (χ0n) is 14.0. The molecule has 3 rings (SSSR count). The summed E-state index contributed by atoms with van der Waals surface area (Å²) in [6.07, 6.45) is 4.64. The largest absolute Gasteiger partial charge is 0.457 e. The van der Waals surface area contributed by atoms with Crippen molar-refractivity contribution in [2.45, 2.75) is 44.7 Å². The van der Waals surface area contributed by atoms with Crippen LogP contribution in [0.1, 0.15) is 32.6 Å². The lowest BCUT2D eigenvalue weighted by molar-refractivity contribution is -0.122. The third kappa shape index (κ3) is 4.51. The molecule has 1 atom stereocenters. The van der Waals surface area contributed by atoms with Gasteiger partial charge in [-0.1, -0.05) is 31.0 Å². The van der Waals surface area contributed by atoms with Gasteiger partial charge in [0.2, 0.25) is 5.91 Å². The van der Waals surface area contributed by atoms with Gasteiger partial charge >= 0.3 is 0 Å². The molecule has 2 aromatic carbocycles. The van der Waals surface area contributed by atoms with E-state index in [4.69, 9.17) is 4.74 Å². The van der Waals surface area contributed by atoms with Crippen molar-refractivity contribution < 1.29 is 9.53 Å². The van der Waals surface area contributed by atoms with Gasteiger partial charge in [-0.2, -0.15) is 0 Å². The first-order chi connectivity index (χ1) is 11.7. The Morgan fingerprint density at radius 3 is 2.29 bits per heavy atom. The van der Waals surface area contributed by atoms with Crippen molar-refractivity contribution in [2.24, 2.45) is 0 Å². The minimum atomic E-state index is -0.258. The lowest BCUT2D eigenvalue weighted by Gasteiger charge is -2.18. The molecule has 0 aliphatic heterocycles. The van der Waals surface area contributed by atoms with Crippen LogP contribution in [0.4, 0.5) is 5.69 Å². The molecule has 24 heavy (non-hydrogen) atoms. The van der Waals surface area contributed by atoms with Crippen molar-refractivity contribution in [2.75, 3.05) is 5.32 Å². The Hall–Kier alpha value is -2.49. The second-order valence-electron chi connectivity index (χ2n) is 6.30. The molecule has 0 bridgehead atoms. The molecule has 126 valence electrons. The lowest BCUT2D eigenvalue weighted by atomic mass is 10.2. The van der Waals surface area contributed by atoms with Gasteiger partial charge in [0.05, 0.1) is 0 Å². The van der Waals surface area contributed by atoms with Crippen LogP contribution >= 0.6 is 0 Å². The second kappa shape index (κ2) is 7.86. The third-order valence-corrected chi connectivity index (χ3v) is 4.31. The van der Waals surface area contributed by atoms with Gasteiger partial charge in [0, 0.05) is 11.7 Å². The maximum Gasteiger partial charge on any atom is 0.242 e. The molecule has 0 spiro atoms. The highest BCUT2D eigenvalue weighted by Crippen LogP contribution is 2.23. The van der Waals surface area contributed by atoms with Crippen molar-refractivity contribution in [1.29, 1.82) is 0 Å². The van der Waals surface area contributed by atoms with Crippen molar-refractivity contribution in [1.82, 2.24) is 5.32 Å². The SMILES string of the molecule is C[C@H](Nc1ccc(Oc2ccccc2)cc1)C(=O)NC1CCCC1. The Morgan fingerprint density at radius 2 is 1.62 bits per heavy atom. The summed E-state index contributed by atoms with van der Waals surface area (Å²) in [6, 6.07) is 17.4. The minimum absolute atomic E-state index is 0.0616. The average molecular weight is 324 g/mol. The summed E-state index contributed by atoms with van der Waals surface area (Å²) in [5, 5.41) is 6.36. The van der Waals surface area contributed by atoms with Crippen LogP contribution in [0.3, 0.4) is 0 Å². The summed E-state index contributed by atoms with van der Waals surface area (Å²) >= 11 is 0. The zero-order chi connectivity index (χ0) is 16.8. The summed E-state index contributed by atoms with van der Waals surface area (Å²) in [6.45, 7) is 1.89. The number of nitrogens with one attached hydrogen (secondary N) is 2. The molecule has 1 amide bonds. The zero-order valence-corrected chi connectivity index (χ0v) is 14.0. The van der Waals surface area contributed by atoms with E-state index in [1.807, 2.05) is 61.5 Å². The second-order valence-corrected chi connectivity index (χ2v) is 6.30. The molecule has 2 N–H and O–H groups in total. The molecule has 2 aromatic rings. The van der Waals surface area contributed by atoms with E-state index in [-0.39, 0.29) is 11.9 Å². The van der Waals surface area contributed by atoms with Crippen LogP contribution in [0, 0.1) is 0 Å². The Kier molecular flexibility index (Phi) is 5.36. The van der Waals surface area contributed by atoms with E-state index in [1.54, 1.807) is 0 Å². The van der Waals surface area contributed by atoms with Gasteiger partial charge in [-0.25, -0.2) is 0 Å². The van der Waals surface area contributed by atoms with Gasteiger partial charge in [0.1, 0.15) is 17.5 Å². The van der Waals surface area contributed by atoms with Crippen LogP contribution in [-0.2, 0) is 4.79 Å². The number of hydrogen-bond donors (Lipinski definition) is 2. The van der Waals surface area contributed by atoms with Gasteiger partial charge in [0.15, 0.2) is 0 Å². The molecule has 1 fully saturated rings. The van der Waals surface area contributed by atoms with Gasteiger partial charge in [-0.15, -0.1) is 0 Å². The van der Waals surface area contributed by atoms with E-state index in [9.17, 15) is 4.79 Å². The number of anilines is 1. The van der Waals surface area contributed by atoms with E-state index in [2.05, 4.69) is 10.6 Å². The molecule has 1 aliphatic rings. The first-order valence-electron chi connectivity index (χ1n) is 8.60. The highest BCUT2D eigenvalue weighted by molar-refractivity contribution is 5.84. The normalized spacial score (nSPS) is 15.7. The summed E-state index contributed by atoms with van der Waals surface area (Å²) < 4.78 is 5.77. The van der Waals surface area contributed by atoms with Crippen LogP contribution in [0.15, 0.2) is 54.6 Å². The molecule has 1 saturated carbocycles. The molecule has 0 radical (unpaired) electrons. The number of hydrogen-bond acceptors (Lipinski definition) is 3. The smallest absolute Gasteiger partial charge is 0.242 e. The van der Waals surface area contributed by atoms with E-state index in [1.165, 1.54) is 12.8 Å². The number of amides is 1. The minimum Gasteiger partial charge on any atom is -0.457 e. The topological polar surface area (TPSA) is 50.4 Å². The van der Waals surface area contributed by atoms with Gasteiger partial charge < -0.3 is 15.4 Å². The predicted octanol–water partition coefficient (Wildman–Crippen LogP) is 4.34. The highest BCUT2D eigenvalue weighted by Gasteiger charge is 2.20. The van der Waals surface area contributed by atoms with E-state index in [0.29, 0.717) is 6.04 Å². The van der Waals surface area contributed by atoms with E-state index >= 15 is 0 Å². The lowest BCUT2D eigenvalue weighted by Crippen LogP contribution is -2.42. The van der Waals surface area contributed by atoms with Gasteiger partial charge in [-0.3, -0.25) is 4.79 Å². The number of ether oxygens (including phenoxy) is 1. The van der Waals surface area contributed by atoms with Crippen molar-refractivity contribution in [3.63, 3.8) is 0 Å². The third-order valence-electron chi connectivity index (χ3n) is 4.31. The molecule has 0 heterocycles. The van der Waals surface area contributed by atoms with Crippen molar-refractivity contribution >= 4 is 11.6 Å². The summed E-state index contributed by atoms with van der Waals surface area (Å²) in [5.41, 5.74) is 0.907. The van der Waals surface area contributed by atoms with E-state index in [0.717, 1.165) is 30.0 Å². The first kappa shape index (κ1) is 16.4. The quantitative estimate of drug-likeness (QED) is 0.831. The van der Waals surface area contributed by atoms with Crippen molar-refractivity contribution in [3.05, 3.63) is 54.6 Å². The monoisotopic (exact) mass is 324 g/mol. The molecule has 4 nitrogen and oxygen atoms in total. The maximum atomic E-state index is 12.2. The van der Waals surface area contributed by atoms with Crippen LogP contribution in [0.2, 0.25) is 0 Å². The number of rotatable bonds is 6. The predicted molar refractivity (Wildman–Crippen MR) is 96.4 cm³/mol. The number of carbonyl (C=O) groups is 1. The number of benzene rings is 2. The van der Waals surface area contributed by atoms with Crippen LogP contribution in [0.25, 0.3) is 0 Å². The number of para-hydroxylation sites is 1. The maximum absolute atomic E-state index is 12.2. The average Bonchev–Trinajstić information content (AvgIpc) is 3.10. The Bertz CT molecular complexity index is 649. The van der Waals surface area contributed by atoms with Crippen LogP contribution in [0.5, 0.6) is 11.5 Å². The Morgan fingerprint density at radius 1 is 1.00 bits per heavy atom. The summed E-state index contributed by atoms with van der Waals surface area (Å²) in [4.78, 5) is 12.2. The fourth-order valence-electron chi connectivity index (χ4n) is 2.96. The Labute approximate surface area is 143 Å². The molecular formula is C20H24N2O2. The molecule has 0 aromatic heterocycles. The fourth-order valence-corrected chi connectivity index (χ4v) is 2.96. The summed E-state index contributed by atoms with van der Waals surface area (Å²) in [7, 11) is 0. The van der Waals surface area contributed by atoms with Gasteiger partial charge in [-0.05, 0) is 56.2 Å². The number of carbonyl (C=O) groups excluding carboxylic acids is 1. The fraction of sp³-hybridized carbons (Fsp3) is 0.350. The van der Waals surface area contributed by atoms with E-state index < -0.39 is 0 Å².